The van der Waals surface area contributed by atoms with Gasteiger partial charge in [-0.05, 0) is 49.9 Å². The zero-order valence-corrected chi connectivity index (χ0v) is 15.5. The first kappa shape index (κ1) is 17.5. The average molecular weight is 346 g/mol. The van der Waals surface area contributed by atoms with Gasteiger partial charge < -0.3 is 4.52 Å². The summed E-state index contributed by atoms with van der Waals surface area (Å²) < 4.78 is 5.18. The van der Waals surface area contributed by atoms with Gasteiger partial charge in [-0.25, -0.2) is 0 Å². The molecular weight excluding hydrogens is 318 g/mol. The lowest BCUT2D eigenvalue weighted by molar-refractivity contribution is 0.242. The smallest absolute Gasteiger partial charge is 0.133 e. The highest BCUT2D eigenvalue weighted by Gasteiger charge is 2.16. The van der Waals surface area contributed by atoms with Crippen molar-refractivity contribution in [2.24, 2.45) is 0 Å². The standard InChI is InChI=1S/C19H27N3OS/c1-3-24-19-7-5-17(6-8-19)14-21-9-4-10-22(12-11-21)15-18-13-16(2)23-20-18/h5-8,13H,3-4,9-12,14-15H2,1-2H3. The molecule has 0 aliphatic carbocycles. The molecule has 1 aliphatic heterocycles. The molecule has 1 saturated heterocycles. The second-order valence-electron chi connectivity index (χ2n) is 6.41. The van der Waals surface area contributed by atoms with Gasteiger partial charge in [0, 0.05) is 37.1 Å². The molecule has 24 heavy (non-hydrogen) atoms. The van der Waals surface area contributed by atoms with E-state index in [9.17, 15) is 0 Å². The molecule has 2 aromatic rings. The van der Waals surface area contributed by atoms with Crippen molar-refractivity contribution in [3.63, 3.8) is 0 Å². The van der Waals surface area contributed by atoms with Crippen molar-refractivity contribution >= 4 is 11.8 Å². The minimum Gasteiger partial charge on any atom is -0.361 e. The fourth-order valence-corrected chi connectivity index (χ4v) is 3.84. The van der Waals surface area contributed by atoms with Crippen LogP contribution in [-0.2, 0) is 13.1 Å². The summed E-state index contributed by atoms with van der Waals surface area (Å²) in [5.74, 6) is 2.03. The molecule has 130 valence electrons. The number of nitrogens with zero attached hydrogens (tertiary/aromatic N) is 3. The molecule has 0 radical (unpaired) electrons. The first-order chi connectivity index (χ1) is 11.7. The third-order valence-corrected chi connectivity index (χ3v) is 5.28. The molecule has 0 spiro atoms. The second-order valence-corrected chi connectivity index (χ2v) is 7.75. The van der Waals surface area contributed by atoms with Gasteiger partial charge in [0.15, 0.2) is 0 Å². The van der Waals surface area contributed by atoms with E-state index in [0.717, 1.165) is 49.9 Å². The highest BCUT2D eigenvalue weighted by molar-refractivity contribution is 7.99. The first-order valence-electron chi connectivity index (χ1n) is 8.81. The second kappa shape index (κ2) is 8.70. The van der Waals surface area contributed by atoms with Crippen molar-refractivity contribution in [2.45, 2.75) is 38.3 Å². The minimum absolute atomic E-state index is 0.895. The fourth-order valence-electron chi connectivity index (χ4n) is 3.18. The zero-order valence-electron chi connectivity index (χ0n) is 14.7. The molecule has 4 nitrogen and oxygen atoms in total. The Morgan fingerprint density at radius 2 is 1.75 bits per heavy atom. The number of hydrogen-bond acceptors (Lipinski definition) is 5. The summed E-state index contributed by atoms with van der Waals surface area (Å²) in [4.78, 5) is 6.42. The minimum atomic E-state index is 0.895. The van der Waals surface area contributed by atoms with E-state index < -0.39 is 0 Å². The van der Waals surface area contributed by atoms with E-state index in [1.807, 2.05) is 24.8 Å². The average Bonchev–Trinajstić information content (AvgIpc) is 2.86. The van der Waals surface area contributed by atoms with Crippen molar-refractivity contribution in [3.8, 4) is 0 Å². The number of benzene rings is 1. The van der Waals surface area contributed by atoms with Gasteiger partial charge in [0.2, 0.25) is 0 Å². The maximum Gasteiger partial charge on any atom is 0.133 e. The van der Waals surface area contributed by atoms with E-state index in [-0.39, 0.29) is 0 Å². The highest BCUT2D eigenvalue weighted by Crippen LogP contribution is 2.19. The SMILES string of the molecule is CCSc1ccc(CN2CCCN(Cc3cc(C)on3)CC2)cc1. The lowest BCUT2D eigenvalue weighted by atomic mass is 10.2. The Kier molecular flexibility index (Phi) is 6.35. The quantitative estimate of drug-likeness (QED) is 0.744. The Balaban J connectivity index is 1.49. The topological polar surface area (TPSA) is 32.5 Å². The Hall–Kier alpha value is -1.30. The largest absolute Gasteiger partial charge is 0.361 e. The van der Waals surface area contributed by atoms with Crippen molar-refractivity contribution < 1.29 is 4.52 Å². The lowest BCUT2D eigenvalue weighted by Gasteiger charge is -2.21. The van der Waals surface area contributed by atoms with E-state index >= 15 is 0 Å². The van der Waals surface area contributed by atoms with E-state index in [0.29, 0.717) is 0 Å². The molecule has 0 saturated carbocycles. The molecule has 0 atom stereocenters. The Bertz CT molecular complexity index is 626. The molecule has 0 N–H and O–H groups in total. The number of aryl methyl sites for hydroxylation is 1. The summed E-state index contributed by atoms with van der Waals surface area (Å²) in [7, 11) is 0. The normalized spacial score (nSPS) is 17.1. The number of aromatic nitrogens is 1. The predicted octanol–water partition coefficient (Wildman–Crippen LogP) is 3.80. The van der Waals surface area contributed by atoms with Gasteiger partial charge in [-0.2, -0.15) is 0 Å². The van der Waals surface area contributed by atoms with Crippen molar-refractivity contribution in [1.29, 1.82) is 0 Å². The molecule has 1 aliphatic rings. The molecule has 1 fully saturated rings. The first-order valence-corrected chi connectivity index (χ1v) is 9.80. The monoisotopic (exact) mass is 345 g/mol. The summed E-state index contributed by atoms with van der Waals surface area (Å²) >= 11 is 1.90. The molecule has 0 unspecified atom stereocenters. The van der Waals surface area contributed by atoms with Crippen LogP contribution in [0.2, 0.25) is 0 Å². The Labute approximate surface area is 149 Å². The molecule has 5 heteroatoms. The van der Waals surface area contributed by atoms with Crippen LogP contribution in [-0.4, -0.2) is 46.9 Å². The molecule has 1 aromatic carbocycles. The number of thioether (sulfide) groups is 1. The summed E-state index contributed by atoms with van der Waals surface area (Å²) in [5, 5.41) is 4.12. The highest BCUT2D eigenvalue weighted by atomic mass is 32.2. The van der Waals surface area contributed by atoms with Crippen LogP contribution in [0.3, 0.4) is 0 Å². The van der Waals surface area contributed by atoms with Crippen LogP contribution in [0, 0.1) is 6.92 Å². The lowest BCUT2D eigenvalue weighted by Crippen LogP contribution is -2.30. The van der Waals surface area contributed by atoms with Crippen molar-refractivity contribution in [3.05, 3.63) is 47.3 Å². The van der Waals surface area contributed by atoms with Gasteiger partial charge in [-0.1, -0.05) is 24.2 Å². The van der Waals surface area contributed by atoms with Gasteiger partial charge >= 0.3 is 0 Å². The van der Waals surface area contributed by atoms with Gasteiger partial charge in [0.05, 0.1) is 5.69 Å². The van der Waals surface area contributed by atoms with E-state index in [2.05, 4.69) is 46.1 Å². The van der Waals surface area contributed by atoms with Crippen LogP contribution in [0.4, 0.5) is 0 Å². The molecule has 3 rings (SSSR count). The van der Waals surface area contributed by atoms with Crippen molar-refractivity contribution in [2.75, 3.05) is 31.9 Å². The molecule has 0 amide bonds. The van der Waals surface area contributed by atoms with E-state index in [1.54, 1.807) is 0 Å². The van der Waals surface area contributed by atoms with Crippen LogP contribution in [0.5, 0.6) is 0 Å². The van der Waals surface area contributed by atoms with Crippen LogP contribution >= 0.6 is 11.8 Å². The van der Waals surface area contributed by atoms with E-state index in [1.165, 1.54) is 23.4 Å². The van der Waals surface area contributed by atoms with Gasteiger partial charge in [-0.3, -0.25) is 9.80 Å². The maximum atomic E-state index is 5.18. The number of hydrogen-bond donors (Lipinski definition) is 0. The third-order valence-electron chi connectivity index (χ3n) is 4.38. The summed E-state index contributed by atoms with van der Waals surface area (Å²) in [6.45, 7) is 10.6. The Morgan fingerprint density at radius 1 is 1.04 bits per heavy atom. The molecular formula is C19H27N3OS. The molecule has 0 bridgehead atoms. The van der Waals surface area contributed by atoms with Gasteiger partial charge in [0.1, 0.15) is 5.76 Å². The predicted molar refractivity (Wildman–Crippen MR) is 99.3 cm³/mol. The van der Waals surface area contributed by atoms with Gasteiger partial charge in [-0.15, -0.1) is 11.8 Å². The maximum absolute atomic E-state index is 5.18. The molecule has 2 heterocycles. The van der Waals surface area contributed by atoms with Gasteiger partial charge in [0.25, 0.3) is 0 Å². The van der Waals surface area contributed by atoms with Crippen LogP contribution in [0.25, 0.3) is 0 Å². The molecule has 1 aromatic heterocycles. The van der Waals surface area contributed by atoms with Crippen molar-refractivity contribution in [1.82, 2.24) is 15.0 Å². The van der Waals surface area contributed by atoms with E-state index in [4.69, 9.17) is 4.52 Å². The Morgan fingerprint density at radius 3 is 2.38 bits per heavy atom. The fraction of sp³-hybridized carbons (Fsp3) is 0.526. The van der Waals surface area contributed by atoms with Crippen LogP contribution in [0.1, 0.15) is 30.4 Å². The number of rotatable bonds is 6. The van der Waals surface area contributed by atoms with Crippen LogP contribution in [0.15, 0.2) is 39.8 Å². The van der Waals surface area contributed by atoms with Crippen LogP contribution < -0.4 is 0 Å². The third kappa shape index (κ3) is 5.10. The summed E-state index contributed by atoms with van der Waals surface area (Å²) in [5.41, 5.74) is 2.46. The summed E-state index contributed by atoms with van der Waals surface area (Å²) in [6, 6.07) is 11.1. The summed E-state index contributed by atoms with van der Waals surface area (Å²) in [6.07, 6.45) is 1.21. The zero-order chi connectivity index (χ0) is 16.8.